The Labute approximate surface area is 213 Å². The van der Waals surface area contributed by atoms with Crippen LogP contribution in [0.2, 0.25) is 0 Å². The van der Waals surface area contributed by atoms with E-state index >= 15 is 0 Å². The topological polar surface area (TPSA) is 59.3 Å². The lowest BCUT2D eigenvalue weighted by Crippen LogP contribution is -2.48. The van der Waals surface area contributed by atoms with Crippen LogP contribution in [0.25, 0.3) is 26.4 Å². The molecule has 0 atom stereocenters. The lowest BCUT2D eigenvalue weighted by molar-refractivity contribution is 0.0747. The molecule has 8 heteroatoms. The van der Waals surface area contributed by atoms with Gasteiger partial charge in [0.2, 0.25) is 0 Å². The van der Waals surface area contributed by atoms with Crippen molar-refractivity contribution in [1.29, 1.82) is 0 Å². The summed E-state index contributed by atoms with van der Waals surface area (Å²) in [6.07, 6.45) is 2.04. The van der Waals surface area contributed by atoms with Crippen molar-refractivity contribution >= 4 is 38.1 Å². The molecule has 0 bridgehead atoms. The number of thiazole rings is 1. The van der Waals surface area contributed by atoms with Crippen molar-refractivity contribution in [3.63, 3.8) is 0 Å². The minimum atomic E-state index is 0.0781. The standard InChI is InChI=1S/C28H26N4O3S/c1-34-22-9-7-21(8-10-22)30-12-14-31(15-13-30)27(33)20-6-11-25-26(17-20)36-28-29-24(18-32(25)28)19-4-3-5-23(16-19)35-2/h3-11,16-18H,12-15H2,1-2H3. The molecule has 3 aromatic carbocycles. The first-order valence-corrected chi connectivity index (χ1v) is 12.7. The number of methoxy groups -OCH3 is 2. The predicted molar refractivity (Wildman–Crippen MR) is 144 cm³/mol. The number of benzene rings is 3. The Hall–Kier alpha value is -4.04. The van der Waals surface area contributed by atoms with Crippen LogP contribution in [0.5, 0.6) is 11.5 Å². The molecule has 0 N–H and O–H groups in total. The first-order valence-electron chi connectivity index (χ1n) is 11.9. The highest BCUT2D eigenvalue weighted by Gasteiger charge is 2.23. The lowest BCUT2D eigenvalue weighted by atomic mass is 10.1. The molecule has 0 aliphatic carbocycles. The SMILES string of the molecule is COc1ccc(N2CCN(C(=O)c3ccc4c(c3)sc3nc(-c5cccc(OC)c5)cn34)CC2)cc1. The van der Waals surface area contributed by atoms with Gasteiger partial charge in [0.1, 0.15) is 11.5 Å². The molecule has 36 heavy (non-hydrogen) atoms. The maximum atomic E-state index is 13.3. The second kappa shape index (κ2) is 9.20. The molecule has 0 spiro atoms. The van der Waals surface area contributed by atoms with E-state index in [1.165, 1.54) is 0 Å². The van der Waals surface area contributed by atoms with Gasteiger partial charge in [-0.05, 0) is 54.6 Å². The van der Waals surface area contributed by atoms with E-state index in [0.29, 0.717) is 13.1 Å². The first kappa shape index (κ1) is 22.4. The number of fused-ring (bicyclic) bond motifs is 3. The van der Waals surface area contributed by atoms with Crippen LogP contribution in [0.1, 0.15) is 10.4 Å². The van der Waals surface area contributed by atoms with Crippen molar-refractivity contribution < 1.29 is 14.3 Å². The van der Waals surface area contributed by atoms with Gasteiger partial charge in [0.05, 0.1) is 30.1 Å². The molecule has 0 saturated carbocycles. The van der Waals surface area contributed by atoms with Crippen LogP contribution in [-0.4, -0.2) is 60.6 Å². The Morgan fingerprint density at radius 2 is 1.67 bits per heavy atom. The second-order valence-electron chi connectivity index (χ2n) is 8.77. The van der Waals surface area contributed by atoms with Gasteiger partial charge in [-0.1, -0.05) is 23.5 Å². The fraction of sp³-hybridized carbons (Fsp3) is 0.214. The van der Waals surface area contributed by atoms with Gasteiger partial charge >= 0.3 is 0 Å². The molecule has 5 aromatic rings. The quantitative estimate of drug-likeness (QED) is 0.334. The van der Waals surface area contributed by atoms with Crippen molar-refractivity contribution in [1.82, 2.24) is 14.3 Å². The molecular weight excluding hydrogens is 472 g/mol. The number of rotatable bonds is 5. The monoisotopic (exact) mass is 498 g/mol. The predicted octanol–water partition coefficient (Wildman–Crippen LogP) is 5.20. The van der Waals surface area contributed by atoms with E-state index in [4.69, 9.17) is 14.5 Å². The van der Waals surface area contributed by atoms with Crippen molar-refractivity contribution in [2.24, 2.45) is 0 Å². The van der Waals surface area contributed by atoms with Crippen molar-refractivity contribution in [3.05, 3.63) is 78.5 Å². The third-order valence-corrected chi connectivity index (χ3v) is 7.73. The van der Waals surface area contributed by atoms with Gasteiger partial charge in [0.15, 0.2) is 4.96 Å². The van der Waals surface area contributed by atoms with Gasteiger partial charge in [0, 0.05) is 49.2 Å². The molecule has 1 amide bonds. The third kappa shape index (κ3) is 4.03. The van der Waals surface area contributed by atoms with Gasteiger partial charge < -0.3 is 19.3 Å². The van der Waals surface area contributed by atoms with E-state index in [2.05, 4.69) is 21.4 Å². The van der Waals surface area contributed by atoms with E-state index in [9.17, 15) is 4.79 Å². The zero-order valence-corrected chi connectivity index (χ0v) is 21.0. The smallest absolute Gasteiger partial charge is 0.254 e. The van der Waals surface area contributed by atoms with Crippen LogP contribution in [0.15, 0.2) is 72.9 Å². The summed E-state index contributed by atoms with van der Waals surface area (Å²) in [5.41, 5.74) is 4.84. The maximum absolute atomic E-state index is 13.3. The highest BCUT2D eigenvalue weighted by Crippen LogP contribution is 2.31. The summed E-state index contributed by atoms with van der Waals surface area (Å²) in [7, 11) is 3.34. The summed E-state index contributed by atoms with van der Waals surface area (Å²) in [5.74, 6) is 1.73. The number of aromatic nitrogens is 2. The van der Waals surface area contributed by atoms with E-state index in [0.717, 1.165) is 62.3 Å². The van der Waals surface area contributed by atoms with Crippen molar-refractivity contribution in [2.45, 2.75) is 0 Å². The number of anilines is 1. The number of carbonyl (C=O) groups excluding carboxylic acids is 1. The van der Waals surface area contributed by atoms with Gasteiger partial charge in [0.25, 0.3) is 5.91 Å². The fourth-order valence-electron chi connectivity index (χ4n) is 4.70. The number of carbonyl (C=O) groups is 1. The average Bonchev–Trinajstić information content (AvgIpc) is 3.51. The highest BCUT2D eigenvalue weighted by atomic mass is 32.1. The maximum Gasteiger partial charge on any atom is 0.254 e. The largest absolute Gasteiger partial charge is 0.497 e. The summed E-state index contributed by atoms with van der Waals surface area (Å²) in [6, 6.07) is 21.9. The van der Waals surface area contributed by atoms with E-state index in [-0.39, 0.29) is 5.91 Å². The van der Waals surface area contributed by atoms with Gasteiger partial charge in [-0.15, -0.1) is 0 Å². The van der Waals surface area contributed by atoms with Crippen LogP contribution in [-0.2, 0) is 0 Å². The van der Waals surface area contributed by atoms with E-state index in [1.807, 2.05) is 65.7 Å². The van der Waals surface area contributed by atoms with E-state index in [1.54, 1.807) is 25.6 Å². The van der Waals surface area contributed by atoms with Gasteiger partial charge in [-0.25, -0.2) is 4.98 Å². The number of hydrogen-bond acceptors (Lipinski definition) is 6. The normalized spacial score (nSPS) is 13.9. The molecule has 2 aromatic heterocycles. The number of amides is 1. The van der Waals surface area contributed by atoms with Crippen LogP contribution in [0.4, 0.5) is 5.69 Å². The summed E-state index contributed by atoms with van der Waals surface area (Å²) >= 11 is 1.60. The Kier molecular flexibility index (Phi) is 5.73. The molecule has 0 unspecified atom stereocenters. The number of imidazole rings is 1. The molecular formula is C28H26N4O3S. The Balaban J connectivity index is 1.19. The third-order valence-electron chi connectivity index (χ3n) is 6.71. The molecule has 1 fully saturated rings. The molecule has 6 rings (SSSR count). The highest BCUT2D eigenvalue weighted by molar-refractivity contribution is 7.23. The lowest BCUT2D eigenvalue weighted by Gasteiger charge is -2.36. The summed E-state index contributed by atoms with van der Waals surface area (Å²) < 4.78 is 13.7. The molecule has 1 aliphatic rings. The summed E-state index contributed by atoms with van der Waals surface area (Å²) in [6.45, 7) is 3.00. The average molecular weight is 499 g/mol. The van der Waals surface area contributed by atoms with Crippen LogP contribution < -0.4 is 14.4 Å². The van der Waals surface area contributed by atoms with Crippen LogP contribution in [0.3, 0.4) is 0 Å². The molecule has 1 saturated heterocycles. The number of piperazine rings is 1. The Morgan fingerprint density at radius 1 is 0.889 bits per heavy atom. The summed E-state index contributed by atoms with van der Waals surface area (Å²) in [4.78, 5) is 23.3. The zero-order valence-electron chi connectivity index (χ0n) is 20.2. The van der Waals surface area contributed by atoms with Gasteiger partial charge in [-0.3, -0.25) is 9.20 Å². The second-order valence-corrected chi connectivity index (χ2v) is 9.78. The minimum absolute atomic E-state index is 0.0781. The number of ether oxygens (including phenoxy) is 2. The molecule has 7 nitrogen and oxygen atoms in total. The van der Waals surface area contributed by atoms with Gasteiger partial charge in [-0.2, -0.15) is 0 Å². The Morgan fingerprint density at radius 3 is 2.42 bits per heavy atom. The van der Waals surface area contributed by atoms with Crippen molar-refractivity contribution in [3.8, 4) is 22.8 Å². The molecule has 1 aliphatic heterocycles. The van der Waals surface area contributed by atoms with Crippen LogP contribution >= 0.6 is 11.3 Å². The first-order chi connectivity index (χ1) is 17.6. The Bertz CT molecular complexity index is 1550. The minimum Gasteiger partial charge on any atom is -0.497 e. The number of nitrogens with zero attached hydrogens (tertiary/aromatic N) is 4. The van der Waals surface area contributed by atoms with Crippen molar-refractivity contribution in [2.75, 3.05) is 45.3 Å². The van der Waals surface area contributed by atoms with E-state index < -0.39 is 0 Å². The molecule has 3 heterocycles. The molecule has 182 valence electrons. The fourth-order valence-corrected chi connectivity index (χ4v) is 5.75. The summed E-state index contributed by atoms with van der Waals surface area (Å²) in [5, 5.41) is 0. The number of hydrogen-bond donors (Lipinski definition) is 0. The zero-order chi connectivity index (χ0) is 24.6. The van der Waals surface area contributed by atoms with Crippen LogP contribution in [0, 0.1) is 0 Å². The molecule has 0 radical (unpaired) electrons.